The maximum Gasteiger partial charge on any atom is 0.409 e. The number of furan rings is 1. The lowest BCUT2D eigenvalue weighted by Crippen LogP contribution is -2.51. The Kier molecular flexibility index (Phi) is 5.98. The first-order chi connectivity index (χ1) is 10.2. The fourth-order valence-electron chi connectivity index (χ4n) is 2.08. The molecule has 2 amide bonds. The molecule has 0 atom stereocenters. The molecule has 0 spiro atoms. The molecular weight excluding hydrogens is 292 g/mol. The molecule has 1 aliphatic rings. The lowest BCUT2D eigenvalue weighted by molar-refractivity contribution is -0.129. The highest BCUT2D eigenvalue weighted by atomic mass is 32.2. The van der Waals surface area contributed by atoms with Crippen LogP contribution in [0.4, 0.5) is 4.79 Å². The van der Waals surface area contributed by atoms with Crippen molar-refractivity contribution in [2.75, 3.05) is 38.5 Å². The van der Waals surface area contributed by atoms with Gasteiger partial charge in [0, 0.05) is 26.2 Å². The Hall–Kier alpha value is -1.63. The van der Waals surface area contributed by atoms with Crippen LogP contribution in [0, 0.1) is 0 Å². The zero-order valence-electron chi connectivity index (χ0n) is 12.1. The Bertz CT molecular complexity index is 456. The predicted molar refractivity (Wildman–Crippen MR) is 80.0 cm³/mol. The number of ether oxygens (including phenoxy) is 1. The van der Waals surface area contributed by atoms with E-state index < -0.39 is 0 Å². The first kappa shape index (κ1) is 15.8. The van der Waals surface area contributed by atoms with E-state index in [9.17, 15) is 9.59 Å². The number of hydrogen-bond acceptors (Lipinski definition) is 5. The van der Waals surface area contributed by atoms with Crippen LogP contribution >= 0.6 is 11.8 Å². The largest absolute Gasteiger partial charge is 0.468 e. The molecule has 0 aromatic carbocycles. The van der Waals surface area contributed by atoms with Gasteiger partial charge in [0.25, 0.3) is 0 Å². The maximum absolute atomic E-state index is 12.1. The van der Waals surface area contributed by atoms with E-state index >= 15 is 0 Å². The second kappa shape index (κ2) is 7.97. The summed E-state index contributed by atoms with van der Waals surface area (Å²) in [6.45, 7) is 4.37. The molecule has 2 heterocycles. The Balaban J connectivity index is 1.67. The quantitative estimate of drug-likeness (QED) is 0.830. The van der Waals surface area contributed by atoms with Crippen LogP contribution in [0.25, 0.3) is 0 Å². The van der Waals surface area contributed by atoms with E-state index in [0.29, 0.717) is 44.3 Å². The third-order valence-corrected chi connectivity index (χ3v) is 4.15. The minimum Gasteiger partial charge on any atom is -0.468 e. The van der Waals surface area contributed by atoms with Crippen molar-refractivity contribution in [3.63, 3.8) is 0 Å². The minimum absolute atomic E-state index is 0.107. The molecule has 1 aromatic heterocycles. The van der Waals surface area contributed by atoms with Crippen molar-refractivity contribution in [2.24, 2.45) is 0 Å². The monoisotopic (exact) mass is 312 g/mol. The number of nitrogens with zero attached hydrogens (tertiary/aromatic N) is 2. The van der Waals surface area contributed by atoms with Crippen LogP contribution in [0.3, 0.4) is 0 Å². The lowest BCUT2D eigenvalue weighted by atomic mass is 10.3. The molecule has 1 saturated heterocycles. The summed E-state index contributed by atoms with van der Waals surface area (Å²) in [7, 11) is 0. The average molecular weight is 312 g/mol. The summed E-state index contributed by atoms with van der Waals surface area (Å²) in [4.78, 5) is 27.1. The Labute approximate surface area is 128 Å². The van der Waals surface area contributed by atoms with E-state index in [0.717, 1.165) is 5.76 Å². The van der Waals surface area contributed by atoms with Crippen molar-refractivity contribution in [3.8, 4) is 0 Å². The molecular formula is C14H20N2O4S. The van der Waals surface area contributed by atoms with Crippen LogP contribution in [0.2, 0.25) is 0 Å². The van der Waals surface area contributed by atoms with Crippen molar-refractivity contribution in [3.05, 3.63) is 24.2 Å². The summed E-state index contributed by atoms with van der Waals surface area (Å²) < 4.78 is 10.2. The van der Waals surface area contributed by atoms with Gasteiger partial charge in [-0.3, -0.25) is 4.79 Å². The number of carbonyl (C=O) groups excluding carboxylic acids is 2. The van der Waals surface area contributed by atoms with Gasteiger partial charge in [0.1, 0.15) is 5.76 Å². The molecule has 21 heavy (non-hydrogen) atoms. The van der Waals surface area contributed by atoms with Crippen LogP contribution in [0.5, 0.6) is 0 Å². The molecule has 6 nitrogen and oxygen atoms in total. The average Bonchev–Trinajstić information content (AvgIpc) is 3.01. The molecule has 116 valence electrons. The molecule has 2 rings (SSSR count). The van der Waals surface area contributed by atoms with Crippen LogP contribution in [0.15, 0.2) is 22.8 Å². The van der Waals surface area contributed by atoms with Gasteiger partial charge in [0.2, 0.25) is 5.91 Å². The highest BCUT2D eigenvalue weighted by Crippen LogP contribution is 2.14. The minimum atomic E-state index is -0.295. The number of amides is 2. The number of carbonyl (C=O) groups is 2. The smallest absolute Gasteiger partial charge is 0.409 e. The molecule has 0 saturated carbocycles. The topological polar surface area (TPSA) is 63.0 Å². The number of hydrogen-bond donors (Lipinski definition) is 0. The van der Waals surface area contributed by atoms with Gasteiger partial charge >= 0.3 is 6.09 Å². The SMILES string of the molecule is CCOC(=O)N1CCN(C(=O)CSCc2ccco2)CC1. The first-order valence-electron chi connectivity index (χ1n) is 7.00. The molecule has 0 radical (unpaired) electrons. The van der Waals surface area contributed by atoms with E-state index in [1.54, 1.807) is 23.0 Å². The van der Waals surface area contributed by atoms with Crippen molar-refractivity contribution < 1.29 is 18.7 Å². The molecule has 0 bridgehead atoms. The zero-order chi connectivity index (χ0) is 15.1. The molecule has 1 aromatic rings. The molecule has 7 heteroatoms. The van der Waals surface area contributed by atoms with Crippen LogP contribution < -0.4 is 0 Å². The van der Waals surface area contributed by atoms with E-state index in [1.165, 1.54) is 11.8 Å². The summed E-state index contributed by atoms with van der Waals surface area (Å²) in [6, 6.07) is 3.74. The zero-order valence-corrected chi connectivity index (χ0v) is 12.9. The molecule has 0 unspecified atom stereocenters. The van der Waals surface area contributed by atoms with Gasteiger partial charge in [0.15, 0.2) is 0 Å². The third kappa shape index (κ3) is 4.70. The Morgan fingerprint density at radius 1 is 1.29 bits per heavy atom. The van der Waals surface area contributed by atoms with Crippen LogP contribution in [-0.4, -0.2) is 60.3 Å². The molecule has 0 aliphatic carbocycles. The highest BCUT2D eigenvalue weighted by molar-refractivity contribution is 7.99. The van der Waals surface area contributed by atoms with E-state index in [-0.39, 0.29) is 12.0 Å². The summed E-state index contributed by atoms with van der Waals surface area (Å²) in [5.74, 6) is 2.11. The van der Waals surface area contributed by atoms with Crippen LogP contribution in [-0.2, 0) is 15.3 Å². The third-order valence-electron chi connectivity index (χ3n) is 3.21. The number of rotatable bonds is 5. The number of thioether (sulfide) groups is 1. The van der Waals surface area contributed by atoms with E-state index in [2.05, 4.69) is 0 Å². The van der Waals surface area contributed by atoms with Gasteiger partial charge in [0.05, 0.1) is 24.4 Å². The second-order valence-electron chi connectivity index (χ2n) is 4.64. The molecule has 1 aliphatic heterocycles. The first-order valence-corrected chi connectivity index (χ1v) is 8.15. The van der Waals surface area contributed by atoms with Crippen molar-refractivity contribution in [1.29, 1.82) is 0 Å². The normalized spacial score (nSPS) is 15.1. The van der Waals surface area contributed by atoms with Crippen molar-refractivity contribution in [1.82, 2.24) is 9.80 Å². The molecule has 1 fully saturated rings. The summed E-state index contributed by atoms with van der Waals surface area (Å²) in [5, 5.41) is 0. The van der Waals surface area contributed by atoms with E-state index in [4.69, 9.17) is 9.15 Å². The van der Waals surface area contributed by atoms with E-state index in [1.807, 2.05) is 12.1 Å². The van der Waals surface area contributed by atoms with Gasteiger partial charge in [-0.05, 0) is 19.1 Å². The predicted octanol–water partition coefficient (Wildman–Crippen LogP) is 1.81. The second-order valence-corrected chi connectivity index (χ2v) is 5.62. The standard InChI is InChI=1S/C14H20N2O4S/c1-2-19-14(18)16-7-5-15(6-8-16)13(17)11-21-10-12-4-3-9-20-12/h3-4,9H,2,5-8,10-11H2,1H3. The maximum atomic E-state index is 12.1. The summed E-state index contributed by atoms with van der Waals surface area (Å²) in [5.41, 5.74) is 0. The van der Waals surface area contributed by atoms with Gasteiger partial charge in [-0.1, -0.05) is 0 Å². The van der Waals surface area contributed by atoms with Gasteiger partial charge in [-0.15, -0.1) is 11.8 Å². The van der Waals surface area contributed by atoms with Crippen molar-refractivity contribution >= 4 is 23.8 Å². The Morgan fingerprint density at radius 3 is 2.62 bits per heavy atom. The lowest BCUT2D eigenvalue weighted by Gasteiger charge is -2.34. The van der Waals surface area contributed by atoms with Gasteiger partial charge in [-0.25, -0.2) is 4.79 Å². The van der Waals surface area contributed by atoms with Crippen molar-refractivity contribution in [2.45, 2.75) is 12.7 Å². The van der Waals surface area contributed by atoms with Crippen LogP contribution in [0.1, 0.15) is 12.7 Å². The highest BCUT2D eigenvalue weighted by Gasteiger charge is 2.24. The summed E-state index contributed by atoms with van der Waals surface area (Å²) in [6.07, 6.45) is 1.34. The molecule has 0 N–H and O–H groups in total. The fourth-order valence-corrected chi connectivity index (χ4v) is 2.90. The number of piperazine rings is 1. The van der Waals surface area contributed by atoms with Gasteiger partial charge in [-0.2, -0.15) is 0 Å². The fraction of sp³-hybridized carbons (Fsp3) is 0.571. The Morgan fingerprint density at radius 2 is 2.00 bits per heavy atom. The van der Waals surface area contributed by atoms with Gasteiger partial charge < -0.3 is 19.0 Å². The summed E-state index contributed by atoms with van der Waals surface area (Å²) >= 11 is 1.54.